The molecular weight excluding hydrogens is 450 g/mol. The summed E-state index contributed by atoms with van der Waals surface area (Å²) in [6.45, 7) is 1.99. The van der Waals surface area contributed by atoms with Crippen LogP contribution < -0.4 is 14.5 Å². The third-order valence-corrected chi connectivity index (χ3v) is 6.33. The highest BCUT2D eigenvalue weighted by molar-refractivity contribution is 7.92. The van der Waals surface area contributed by atoms with Crippen LogP contribution in [-0.2, 0) is 14.8 Å². The van der Waals surface area contributed by atoms with Gasteiger partial charge in [0.1, 0.15) is 12.3 Å². The number of hydrazone groups is 1. The van der Waals surface area contributed by atoms with Crippen LogP contribution in [0, 0.1) is 0 Å². The quantitative estimate of drug-likeness (QED) is 0.376. The van der Waals surface area contributed by atoms with E-state index < -0.39 is 22.5 Å². The summed E-state index contributed by atoms with van der Waals surface area (Å²) in [6, 6.07) is 21.3. The van der Waals surface area contributed by atoms with Crippen LogP contribution in [0.15, 0.2) is 88.9 Å². The Bertz CT molecular complexity index is 1180. The highest BCUT2D eigenvalue weighted by Gasteiger charge is 2.27. The fraction of sp³-hybridized carbons (Fsp3) is 0.130. The summed E-state index contributed by atoms with van der Waals surface area (Å²) >= 11 is 6.05. The lowest BCUT2D eigenvalue weighted by Crippen LogP contribution is -2.39. The molecule has 7 nitrogen and oxygen atoms in total. The number of ether oxygens (including phenoxy) is 1. The summed E-state index contributed by atoms with van der Waals surface area (Å²) in [5.74, 6) is 0.128. The number of halogens is 1. The van der Waals surface area contributed by atoms with Gasteiger partial charge in [-0.3, -0.25) is 9.10 Å². The fourth-order valence-corrected chi connectivity index (χ4v) is 4.45. The molecule has 32 heavy (non-hydrogen) atoms. The number of benzene rings is 3. The molecule has 0 aliphatic heterocycles. The predicted octanol–water partition coefficient (Wildman–Crippen LogP) is 4.08. The fourth-order valence-electron chi connectivity index (χ4n) is 2.83. The zero-order valence-electron chi connectivity index (χ0n) is 17.3. The lowest BCUT2D eigenvalue weighted by atomic mass is 10.2. The normalized spacial score (nSPS) is 11.3. The minimum Gasteiger partial charge on any atom is -0.494 e. The van der Waals surface area contributed by atoms with Gasteiger partial charge in [0.2, 0.25) is 0 Å². The Morgan fingerprint density at radius 3 is 2.44 bits per heavy atom. The molecule has 0 atom stereocenters. The molecule has 166 valence electrons. The van der Waals surface area contributed by atoms with Gasteiger partial charge in [-0.2, -0.15) is 5.10 Å². The largest absolute Gasteiger partial charge is 0.494 e. The van der Waals surface area contributed by atoms with Crippen LogP contribution in [0.3, 0.4) is 0 Å². The van der Waals surface area contributed by atoms with Crippen molar-refractivity contribution in [1.29, 1.82) is 0 Å². The molecule has 0 aromatic heterocycles. The molecule has 0 fully saturated rings. The maximum Gasteiger partial charge on any atom is 0.264 e. The van der Waals surface area contributed by atoms with Crippen molar-refractivity contribution < 1.29 is 17.9 Å². The first kappa shape index (κ1) is 23.3. The Hall–Kier alpha value is -3.36. The Balaban J connectivity index is 1.76. The van der Waals surface area contributed by atoms with E-state index >= 15 is 0 Å². The minimum atomic E-state index is -4.01. The Morgan fingerprint density at radius 1 is 1.06 bits per heavy atom. The van der Waals surface area contributed by atoms with Gasteiger partial charge in [-0.1, -0.05) is 35.9 Å². The highest BCUT2D eigenvalue weighted by Crippen LogP contribution is 2.25. The number of hydrogen-bond acceptors (Lipinski definition) is 5. The molecule has 0 bridgehead atoms. The lowest BCUT2D eigenvalue weighted by Gasteiger charge is -2.23. The number of carbonyl (C=O) groups is 1. The van der Waals surface area contributed by atoms with Crippen LogP contribution >= 0.6 is 11.6 Å². The summed E-state index contributed by atoms with van der Waals surface area (Å²) in [7, 11) is -4.01. The van der Waals surface area contributed by atoms with E-state index in [-0.39, 0.29) is 10.6 Å². The van der Waals surface area contributed by atoms with Gasteiger partial charge in [-0.05, 0) is 67.1 Å². The van der Waals surface area contributed by atoms with E-state index in [1.54, 1.807) is 60.7 Å². The number of sulfonamides is 1. The van der Waals surface area contributed by atoms with Crippen LogP contribution in [0.4, 0.5) is 5.69 Å². The summed E-state index contributed by atoms with van der Waals surface area (Å²) in [5, 5.41) is 4.27. The zero-order valence-corrected chi connectivity index (χ0v) is 18.9. The van der Waals surface area contributed by atoms with Crippen LogP contribution in [0.25, 0.3) is 0 Å². The molecule has 0 radical (unpaired) electrons. The Morgan fingerprint density at radius 2 is 1.78 bits per heavy atom. The molecule has 3 rings (SSSR count). The first-order valence-corrected chi connectivity index (χ1v) is 11.6. The van der Waals surface area contributed by atoms with Crippen LogP contribution in [-0.4, -0.2) is 33.7 Å². The topological polar surface area (TPSA) is 88.1 Å². The number of rotatable bonds is 9. The van der Waals surface area contributed by atoms with Crippen molar-refractivity contribution in [3.8, 4) is 5.75 Å². The van der Waals surface area contributed by atoms with Gasteiger partial charge in [-0.25, -0.2) is 13.8 Å². The van der Waals surface area contributed by atoms with Gasteiger partial charge >= 0.3 is 0 Å². The van der Waals surface area contributed by atoms with Crippen molar-refractivity contribution in [3.63, 3.8) is 0 Å². The molecule has 0 saturated heterocycles. The van der Waals surface area contributed by atoms with Crippen molar-refractivity contribution >= 4 is 39.4 Å². The number of nitrogens with one attached hydrogen (secondary N) is 1. The summed E-state index contributed by atoms with van der Waals surface area (Å²) in [6.07, 6.45) is 1.46. The molecule has 0 unspecified atom stereocenters. The number of anilines is 1. The molecule has 0 saturated carbocycles. The number of amides is 1. The van der Waals surface area contributed by atoms with E-state index in [2.05, 4.69) is 10.5 Å². The molecule has 1 amide bonds. The highest BCUT2D eigenvalue weighted by atomic mass is 35.5. The summed E-state index contributed by atoms with van der Waals surface area (Å²) < 4.78 is 32.8. The second-order valence-electron chi connectivity index (χ2n) is 6.60. The zero-order chi connectivity index (χ0) is 23.0. The molecule has 1 N–H and O–H groups in total. The van der Waals surface area contributed by atoms with E-state index in [9.17, 15) is 13.2 Å². The average molecular weight is 472 g/mol. The van der Waals surface area contributed by atoms with E-state index in [0.29, 0.717) is 11.6 Å². The monoisotopic (exact) mass is 471 g/mol. The standard InChI is InChI=1S/C23H22ClN3O4S/c1-2-31-21-13-11-18(12-14-21)16-25-26-23(28)17-27(20-8-6-7-19(24)15-20)32(29,30)22-9-4-3-5-10-22/h3-16H,2,17H2,1H3,(H,26,28)/b25-16-. The van der Waals surface area contributed by atoms with Crippen molar-refractivity contribution in [2.24, 2.45) is 5.10 Å². The van der Waals surface area contributed by atoms with Crippen molar-refractivity contribution in [1.82, 2.24) is 5.43 Å². The molecule has 0 aliphatic carbocycles. The molecule has 0 heterocycles. The first-order valence-electron chi connectivity index (χ1n) is 9.78. The lowest BCUT2D eigenvalue weighted by molar-refractivity contribution is -0.119. The van der Waals surface area contributed by atoms with Gasteiger partial charge in [0.25, 0.3) is 15.9 Å². The smallest absolute Gasteiger partial charge is 0.264 e. The number of carbonyl (C=O) groups excluding carboxylic acids is 1. The van der Waals surface area contributed by atoms with E-state index in [1.165, 1.54) is 24.4 Å². The Kier molecular flexibility index (Phi) is 7.86. The van der Waals surface area contributed by atoms with Crippen LogP contribution in [0.5, 0.6) is 5.75 Å². The van der Waals surface area contributed by atoms with Gasteiger partial charge in [0.05, 0.1) is 23.4 Å². The minimum absolute atomic E-state index is 0.0608. The van der Waals surface area contributed by atoms with Crippen LogP contribution in [0.2, 0.25) is 5.02 Å². The second-order valence-corrected chi connectivity index (χ2v) is 8.90. The average Bonchev–Trinajstić information content (AvgIpc) is 2.79. The molecule has 3 aromatic rings. The van der Waals surface area contributed by atoms with Gasteiger partial charge in [0, 0.05) is 5.02 Å². The molecule has 9 heteroatoms. The van der Waals surface area contributed by atoms with Gasteiger partial charge in [0.15, 0.2) is 0 Å². The van der Waals surface area contributed by atoms with Crippen LogP contribution in [0.1, 0.15) is 12.5 Å². The maximum absolute atomic E-state index is 13.2. The van der Waals surface area contributed by atoms with Crippen molar-refractivity contribution in [3.05, 3.63) is 89.4 Å². The molecule has 0 aliphatic rings. The summed E-state index contributed by atoms with van der Waals surface area (Å²) in [4.78, 5) is 12.6. The first-order chi connectivity index (χ1) is 15.4. The molecule has 3 aromatic carbocycles. The SMILES string of the molecule is CCOc1ccc(/C=N\NC(=O)CN(c2cccc(Cl)c2)S(=O)(=O)c2ccccc2)cc1. The van der Waals surface area contributed by atoms with Crippen molar-refractivity contribution in [2.45, 2.75) is 11.8 Å². The number of hydrogen-bond donors (Lipinski definition) is 1. The van der Waals surface area contributed by atoms with Gasteiger partial charge in [-0.15, -0.1) is 0 Å². The summed E-state index contributed by atoms with van der Waals surface area (Å²) in [5.41, 5.74) is 3.39. The van der Waals surface area contributed by atoms with E-state index in [4.69, 9.17) is 16.3 Å². The van der Waals surface area contributed by atoms with Crippen molar-refractivity contribution in [2.75, 3.05) is 17.5 Å². The molecular formula is C23H22ClN3O4S. The van der Waals surface area contributed by atoms with E-state index in [1.807, 2.05) is 6.92 Å². The van der Waals surface area contributed by atoms with Gasteiger partial charge < -0.3 is 4.74 Å². The maximum atomic E-state index is 13.2. The third kappa shape index (κ3) is 6.09. The molecule has 0 spiro atoms. The third-order valence-electron chi connectivity index (χ3n) is 4.31. The van der Waals surface area contributed by atoms with E-state index in [0.717, 1.165) is 15.6 Å². The second kappa shape index (κ2) is 10.8. The number of nitrogens with zero attached hydrogens (tertiary/aromatic N) is 2. The predicted molar refractivity (Wildman–Crippen MR) is 126 cm³/mol. The Labute approximate surface area is 192 Å².